The Hall–Kier alpha value is -1.43. The van der Waals surface area contributed by atoms with Crippen molar-refractivity contribution in [1.82, 2.24) is 4.98 Å². The van der Waals surface area contributed by atoms with E-state index in [0.29, 0.717) is 18.0 Å². The first-order chi connectivity index (χ1) is 10.8. The van der Waals surface area contributed by atoms with Gasteiger partial charge in [0.15, 0.2) is 5.13 Å². The van der Waals surface area contributed by atoms with E-state index < -0.39 is 16.8 Å². The summed E-state index contributed by atoms with van der Waals surface area (Å²) in [6, 6.07) is 0. The number of carbonyl (C=O) groups excluding carboxylic acids is 1. The second kappa shape index (κ2) is 5.58. The van der Waals surface area contributed by atoms with Gasteiger partial charge in [0.2, 0.25) is 5.91 Å². The molecule has 1 heterocycles. The van der Waals surface area contributed by atoms with E-state index in [2.05, 4.69) is 10.3 Å². The number of nitrogens with zero attached hydrogens (tertiary/aromatic N) is 1. The minimum absolute atomic E-state index is 0.0916. The van der Waals surface area contributed by atoms with E-state index in [9.17, 15) is 14.7 Å². The van der Waals surface area contributed by atoms with Crippen LogP contribution in [0.15, 0.2) is 0 Å². The molecule has 2 N–H and O–H groups in total. The molecule has 5 nitrogen and oxygen atoms in total. The first-order valence-corrected chi connectivity index (χ1v) is 9.10. The van der Waals surface area contributed by atoms with Crippen molar-refractivity contribution >= 4 is 28.3 Å². The number of carboxylic acid groups (broad SMARTS) is 1. The van der Waals surface area contributed by atoms with E-state index >= 15 is 0 Å². The molecule has 0 saturated heterocycles. The Labute approximate surface area is 140 Å². The number of nitrogens with one attached hydrogen (secondary N) is 1. The van der Waals surface area contributed by atoms with Gasteiger partial charge in [-0.3, -0.25) is 9.59 Å². The highest BCUT2D eigenvalue weighted by molar-refractivity contribution is 7.15. The standard InChI is InChI=1S/C17H24N2O3S/c1-16(2)10(8-9-17(16,3)14(21)22)13(20)19-15-18-11-6-4-5-7-12(11)23-15/h10H,4-9H2,1-3H3,(H,21,22)(H,18,19,20)/t10-,17-/m0/s1. The Balaban J connectivity index is 1.76. The van der Waals surface area contributed by atoms with Crippen LogP contribution in [0.3, 0.4) is 0 Å². The molecule has 1 fully saturated rings. The van der Waals surface area contributed by atoms with Crippen molar-refractivity contribution in [3.8, 4) is 0 Å². The van der Waals surface area contributed by atoms with Crippen molar-refractivity contribution in [2.24, 2.45) is 16.7 Å². The fourth-order valence-electron chi connectivity index (χ4n) is 3.94. The lowest BCUT2D eigenvalue weighted by Gasteiger charge is -2.37. The van der Waals surface area contributed by atoms with Crippen LogP contribution in [0.2, 0.25) is 0 Å². The molecule has 1 saturated carbocycles. The molecule has 23 heavy (non-hydrogen) atoms. The Morgan fingerprint density at radius 3 is 2.57 bits per heavy atom. The number of carbonyl (C=O) groups is 2. The van der Waals surface area contributed by atoms with Gasteiger partial charge < -0.3 is 10.4 Å². The van der Waals surface area contributed by atoms with Crippen LogP contribution in [0.5, 0.6) is 0 Å². The van der Waals surface area contributed by atoms with E-state index in [4.69, 9.17) is 0 Å². The minimum atomic E-state index is -0.864. The van der Waals surface area contributed by atoms with Crippen LogP contribution in [0.25, 0.3) is 0 Å². The van der Waals surface area contributed by atoms with Crippen molar-refractivity contribution < 1.29 is 14.7 Å². The number of hydrogen-bond acceptors (Lipinski definition) is 4. The summed E-state index contributed by atoms with van der Waals surface area (Å²) in [6.45, 7) is 5.54. The van der Waals surface area contributed by atoms with E-state index in [1.807, 2.05) is 13.8 Å². The number of thiazole rings is 1. The molecule has 1 amide bonds. The fourth-order valence-corrected chi connectivity index (χ4v) is 4.99. The molecule has 0 bridgehead atoms. The Kier molecular flexibility index (Phi) is 3.99. The van der Waals surface area contributed by atoms with Crippen molar-refractivity contribution in [2.75, 3.05) is 5.32 Å². The molecule has 126 valence electrons. The Morgan fingerprint density at radius 2 is 1.96 bits per heavy atom. The third-order valence-electron chi connectivity index (χ3n) is 6.09. The number of aryl methyl sites for hydroxylation is 2. The largest absolute Gasteiger partial charge is 0.481 e. The summed E-state index contributed by atoms with van der Waals surface area (Å²) in [6.07, 6.45) is 5.53. The Morgan fingerprint density at radius 1 is 1.26 bits per heavy atom. The maximum absolute atomic E-state index is 12.7. The van der Waals surface area contributed by atoms with Crippen LogP contribution < -0.4 is 5.32 Å². The molecule has 1 aromatic heterocycles. The second-order valence-corrected chi connectivity index (χ2v) is 8.62. The molecule has 2 aliphatic rings. The van der Waals surface area contributed by atoms with Crippen LogP contribution in [-0.4, -0.2) is 22.0 Å². The number of carboxylic acids is 1. The zero-order chi connectivity index (χ0) is 16.8. The lowest BCUT2D eigenvalue weighted by atomic mass is 9.65. The topological polar surface area (TPSA) is 79.3 Å². The number of anilines is 1. The van der Waals surface area contributed by atoms with Gasteiger partial charge in [-0.1, -0.05) is 13.8 Å². The third kappa shape index (κ3) is 2.57. The predicted octanol–water partition coefficient (Wildman–Crippen LogP) is 3.49. The van der Waals surface area contributed by atoms with Crippen molar-refractivity contribution in [3.63, 3.8) is 0 Å². The van der Waals surface area contributed by atoms with Gasteiger partial charge in [-0.05, 0) is 50.9 Å². The number of fused-ring (bicyclic) bond motifs is 1. The number of amides is 1. The highest BCUT2D eigenvalue weighted by atomic mass is 32.1. The monoisotopic (exact) mass is 336 g/mol. The first kappa shape index (κ1) is 16.4. The molecular formula is C17H24N2O3S. The molecule has 0 spiro atoms. The van der Waals surface area contributed by atoms with Gasteiger partial charge in [0, 0.05) is 10.8 Å². The third-order valence-corrected chi connectivity index (χ3v) is 7.16. The SMILES string of the molecule is CC1(C)[C@H](C(=O)Nc2nc3c(s2)CCCC3)CC[C@@]1(C)C(=O)O. The maximum Gasteiger partial charge on any atom is 0.309 e. The Bertz CT molecular complexity index is 629. The van der Waals surface area contributed by atoms with Crippen LogP contribution in [0, 0.1) is 16.7 Å². The molecule has 0 unspecified atom stereocenters. The molecule has 0 aromatic carbocycles. The summed E-state index contributed by atoms with van der Waals surface area (Å²) in [5.41, 5.74) is -0.325. The molecule has 2 aliphatic carbocycles. The molecule has 1 aromatic rings. The number of rotatable bonds is 3. The van der Waals surface area contributed by atoms with Gasteiger partial charge in [-0.15, -0.1) is 11.3 Å². The molecule has 3 rings (SSSR count). The number of aliphatic carboxylic acids is 1. The second-order valence-electron chi connectivity index (χ2n) is 7.54. The van der Waals surface area contributed by atoms with Gasteiger partial charge in [0.05, 0.1) is 11.1 Å². The van der Waals surface area contributed by atoms with Gasteiger partial charge in [-0.2, -0.15) is 0 Å². The van der Waals surface area contributed by atoms with Gasteiger partial charge in [0.25, 0.3) is 0 Å². The fraction of sp³-hybridized carbons (Fsp3) is 0.706. The first-order valence-electron chi connectivity index (χ1n) is 8.28. The summed E-state index contributed by atoms with van der Waals surface area (Å²) in [5, 5.41) is 13.2. The summed E-state index contributed by atoms with van der Waals surface area (Å²) < 4.78 is 0. The number of aromatic nitrogens is 1. The van der Waals surface area contributed by atoms with E-state index in [1.165, 1.54) is 11.3 Å². The average molecular weight is 336 g/mol. The van der Waals surface area contributed by atoms with E-state index in [-0.39, 0.29) is 11.8 Å². The van der Waals surface area contributed by atoms with Crippen molar-refractivity contribution in [2.45, 2.75) is 59.3 Å². The smallest absolute Gasteiger partial charge is 0.309 e. The van der Waals surface area contributed by atoms with Crippen LogP contribution in [-0.2, 0) is 22.4 Å². The lowest BCUT2D eigenvalue weighted by Crippen LogP contribution is -2.43. The van der Waals surface area contributed by atoms with E-state index in [1.54, 1.807) is 18.3 Å². The van der Waals surface area contributed by atoms with Crippen molar-refractivity contribution in [3.05, 3.63) is 10.6 Å². The summed E-state index contributed by atoms with van der Waals surface area (Å²) in [7, 11) is 0. The molecule has 0 aliphatic heterocycles. The van der Waals surface area contributed by atoms with Crippen LogP contribution >= 0.6 is 11.3 Å². The zero-order valence-electron chi connectivity index (χ0n) is 13.9. The van der Waals surface area contributed by atoms with E-state index in [0.717, 1.165) is 25.0 Å². The molecular weight excluding hydrogens is 312 g/mol. The van der Waals surface area contributed by atoms with Gasteiger partial charge in [-0.25, -0.2) is 4.98 Å². The normalized spacial score (nSPS) is 29.1. The predicted molar refractivity (Wildman–Crippen MR) is 89.6 cm³/mol. The quantitative estimate of drug-likeness (QED) is 0.885. The van der Waals surface area contributed by atoms with Gasteiger partial charge in [0.1, 0.15) is 0 Å². The summed E-state index contributed by atoms with van der Waals surface area (Å²) in [4.78, 5) is 30.2. The van der Waals surface area contributed by atoms with Gasteiger partial charge >= 0.3 is 5.97 Å². The number of hydrogen-bond donors (Lipinski definition) is 2. The molecule has 2 atom stereocenters. The highest BCUT2D eigenvalue weighted by Gasteiger charge is 2.58. The summed E-state index contributed by atoms with van der Waals surface area (Å²) >= 11 is 1.57. The summed E-state index contributed by atoms with van der Waals surface area (Å²) in [5.74, 6) is -1.21. The molecule has 6 heteroatoms. The molecule has 0 radical (unpaired) electrons. The van der Waals surface area contributed by atoms with Crippen LogP contribution in [0.4, 0.5) is 5.13 Å². The zero-order valence-corrected chi connectivity index (χ0v) is 14.8. The lowest BCUT2D eigenvalue weighted by molar-refractivity contribution is -0.154. The maximum atomic E-state index is 12.7. The van der Waals surface area contributed by atoms with Crippen molar-refractivity contribution in [1.29, 1.82) is 0 Å². The van der Waals surface area contributed by atoms with Crippen LogP contribution in [0.1, 0.15) is 57.0 Å². The highest BCUT2D eigenvalue weighted by Crippen LogP contribution is 2.56. The minimum Gasteiger partial charge on any atom is -0.481 e. The average Bonchev–Trinajstić information content (AvgIpc) is 2.98.